The number of nitrogens with zero attached hydrogens (tertiary/aromatic N) is 5. The summed E-state index contributed by atoms with van der Waals surface area (Å²) in [7, 11) is -4.35. The minimum absolute atomic E-state index is 0.0171. The predicted molar refractivity (Wildman–Crippen MR) is 173 cm³/mol. The summed E-state index contributed by atoms with van der Waals surface area (Å²) in [5.41, 5.74) is 2.22. The first kappa shape index (κ1) is 32.4. The van der Waals surface area contributed by atoms with Crippen LogP contribution < -0.4 is 25.0 Å². The van der Waals surface area contributed by atoms with Crippen molar-refractivity contribution in [3.05, 3.63) is 71.3 Å². The minimum Gasteiger partial charge on any atom is -0.506 e. The molecule has 258 valence electrons. The van der Waals surface area contributed by atoms with Gasteiger partial charge in [0.05, 0.1) is 19.3 Å². The molecule has 4 aromatic rings. The van der Waals surface area contributed by atoms with Gasteiger partial charge in [0, 0.05) is 41.7 Å². The number of anilines is 3. The number of aromatic hydroxyl groups is 1. The molecule has 4 heterocycles. The zero-order valence-electron chi connectivity index (χ0n) is 26.0. The van der Waals surface area contributed by atoms with Crippen LogP contribution in [0, 0.1) is 5.82 Å². The highest BCUT2D eigenvalue weighted by Crippen LogP contribution is 2.39. The topological polar surface area (TPSA) is 225 Å². The Hall–Kier alpha value is -6.11. The van der Waals surface area contributed by atoms with Crippen LogP contribution in [-0.4, -0.2) is 75.5 Å². The molecule has 3 aliphatic heterocycles. The fraction of sp³-hybridized carbons (Fsp3) is 0.258. The Morgan fingerprint density at radius 2 is 1.84 bits per heavy atom. The van der Waals surface area contributed by atoms with Crippen LogP contribution in [-0.2, 0) is 49.0 Å². The van der Waals surface area contributed by atoms with Crippen molar-refractivity contribution in [3.8, 4) is 5.75 Å². The Kier molecular flexibility index (Phi) is 8.05. The Morgan fingerprint density at radius 1 is 1.04 bits per heavy atom. The number of imide groups is 1. The van der Waals surface area contributed by atoms with E-state index in [2.05, 4.69) is 26.3 Å². The molecular weight excluding hydrogens is 677 g/mol. The fourth-order valence-corrected chi connectivity index (χ4v) is 7.31. The zero-order valence-corrected chi connectivity index (χ0v) is 26.8. The van der Waals surface area contributed by atoms with E-state index in [4.69, 9.17) is 0 Å². The van der Waals surface area contributed by atoms with Gasteiger partial charge in [-0.05, 0) is 59.8 Å². The molecule has 1 aromatic heterocycles. The van der Waals surface area contributed by atoms with E-state index < -0.39 is 51.9 Å². The van der Waals surface area contributed by atoms with Crippen molar-refractivity contribution in [1.29, 1.82) is 0 Å². The first-order chi connectivity index (χ1) is 23.9. The number of halogens is 1. The molecule has 0 radical (unpaired) electrons. The van der Waals surface area contributed by atoms with Gasteiger partial charge in [0.15, 0.2) is 5.82 Å². The number of aromatic nitrogens is 3. The number of amides is 5. The average molecular weight is 706 g/mol. The molecular formula is C31H28FN9O8S. The highest BCUT2D eigenvalue weighted by molar-refractivity contribution is 7.92. The van der Waals surface area contributed by atoms with Gasteiger partial charge < -0.3 is 20.6 Å². The molecule has 0 aliphatic carbocycles. The van der Waals surface area contributed by atoms with E-state index >= 15 is 4.39 Å². The molecule has 1 atom stereocenters. The Labute approximate surface area is 282 Å². The quantitative estimate of drug-likeness (QED) is 0.154. The molecule has 2 fully saturated rings. The average Bonchev–Trinajstić information content (AvgIpc) is 3.73. The van der Waals surface area contributed by atoms with Gasteiger partial charge in [-0.2, -0.15) is 8.42 Å². The van der Waals surface area contributed by atoms with Crippen molar-refractivity contribution in [2.45, 2.75) is 44.9 Å². The molecule has 17 nitrogen and oxygen atoms in total. The summed E-state index contributed by atoms with van der Waals surface area (Å²) in [5, 5.41) is 27.0. The number of carbonyl (C=O) groups is 5. The van der Waals surface area contributed by atoms with E-state index in [1.165, 1.54) is 27.8 Å². The van der Waals surface area contributed by atoms with Gasteiger partial charge in [-0.1, -0.05) is 5.21 Å². The zero-order chi connectivity index (χ0) is 35.3. The third kappa shape index (κ3) is 6.13. The smallest absolute Gasteiger partial charge is 0.326 e. The summed E-state index contributed by atoms with van der Waals surface area (Å²) in [5.74, 6) is -4.06. The number of nitrogens with one attached hydrogen (secondary N) is 4. The summed E-state index contributed by atoms with van der Waals surface area (Å²) >= 11 is 0. The normalized spacial score (nSPS) is 18.3. The van der Waals surface area contributed by atoms with Gasteiger partial charge in [-0.3, -0.25) is 34.0 Å². The standard InChI is InChI=1S/C31H28FN9O8S/c32-28-21-3-2-19(9-16(21)11-24(42)29(28)41-15-27(45)37-50(41,48)49)34-26(44)7-8-39-14-20(36-38-39)12-33-18-1-4-22-17(10-18)13-40(31(22)47)23-5-6-25(43)35-30(23)46/h1-4,9-11,14,23,33,42H,5-8,12-13,15H2,(H,34,44)(H,37,45)(H,35,43,46). The number of fused-ring (bicyclic) bond motifs is 2. The van der Waals surface area contributed by atoms with Gasteiger partial charge in [-0.15, -0.1) is 5.10 Å². The maximum atomic E-state index is 15.3. The number of hydrogen-bond acceptors (Lipinski definition) is 11. The van der Waals surface area contributed by atoms with E-state index in [0.717, 1.165) is 17.3 Å². The first-order valence-electron chi connectivity index (χ1n) is 15.3. The van der Waals surface area contributed by atoms with Crippen LogP contribution in [0.25, 0.3) is 10.8 Å². The molecule has 2 saturated heterocycles. The van der Waals surface area contributed by atoms with E-state index in [1.54, 1.807) is 23.1 Å². The Bertz CT molecular complexity index is 2240. The fourth-order valence-electron chi connectivity index (χ4n) is 6.14. The van der Waals surface area contributed by atoms with Gasteiger partial charge in [-0.25, -0.2) is 13.4 Å². The second-order valence-corrected chi connectivity index (χ2v) is 13.5. The lowest BCUT2D eigenvalue weighted by Gasteiger charge is -2.29. The second kappa shape index (κ2) is 12.4. The van der Waals surface area contributed by atoms with Crippen molar-refractivity contribution in [2.75, 3.05) is 21.5 Å². The van der Waals surface area contributed by atoms with Crippen LogP contribution in [0.2, 0.25) is 0 Å². The summed E-state index contributed by atoms with van der Waals surface area (Å²) in [4.78, 5) is 62.5. The lowest BCUT2D eigenvalue weighted by molar-refractivity contribution is -0.137. The van der Waals surface area contributed by atoms with Crippen LogP contribution >= 0.6 is 0 Å². The Balaban J connectivity index is 0.927. The van der Waals surface area contributed by atoms with E-state index in [9.17, 15) is 37.5 Å². The van der Waals surface area contributed by atoms with E-state index in [1.807, 2.05) is 6.07 Å². The lowest BCUT2D eigenvalue weighted by atomic mass is 10.0. The molecule has 50 heavy (non-hydrogen) atoms. The molecule has 1 unspecified atom stereocenters. The molecule has 3 aromatic carbocycles. The first-order valence-corrected chi connectivity index (χ1v) is 16.8. The third-order valence-corrected chi connectivity index (χ3v) is 9.91. The van der Waals surface area contributed by atoms with Gasteiger partial charge in [0.25, 0.3) is 11.8 Å². The number of phenols is 1. The predicted octanol–water partition coefficient (Wildman–Crippen LogP) is 0.859. The molecule has 0 bridgehead atoms. The molecule has 3 aliphatic rings. The molecule has 0 spiro atoms. The maximum absolute atomic E-state index is 15.3. The number of aryl methyl sites for hydroxylation is 1. The van der Waals surface area contributed by atoms with Gasteiger partial charge in [0.2, 0.25) is 17.7 Å². The summed E-state index contributed by atoms with van der Waals surface area (Å²) in [6.07, 6.45) is 2.15. The number of hydrogen-bond donors (Lipinski definition) is 5. The van der Waals surface area contributed by atoms with E-state index in [-0.39, 0.29) is 60.8 Å². The number of benzene rings is 3. The third-order valence-electron chi connectivity index (χ3n) is 8.54. The lowest BCUT2D eigenvalue weighted by Crippen LogP contribution is -2.52. The van der Waals surface area contributed by atoms with Crippen LogP contribution in [0.1, 0.15) is 40.9 Å². The van der Waals surface area contributed by atoms with Crippen LogP contribution in [0.3, 0.4) is 0 Å². The van der Waals surface area contributed by atoms with Crippen LogP contribution in [0.15, 0.2) is 48.7 Å². The molecule has 5 amide bonds. The number of carbonyl (C=O) groups excluding carboxylic acids is 5. The molecule has 19 heteroatoms. The second-order valence-electron chi connectivity index (χ2n) is 11.9. The van der Waals surface area contributed by atoms with Crippen molar-refractivity contribution in [1.82, 2.24) is 29.9 Å². The number of phenolic OH excluding ortho intramolecular Hbond substituents is 1. The van der Waals surface area contributed by atoms with Crippen molar-refractivity contribution < 1.29 is 41.9 Å². The monoisotopic (exact) mass is 705 g/mol. The molecule has 0 saturated carbocycles. The van der Waals surface area contributed by atoms with Crippen LogP contribution in [0.4, 0.5) is 21.5 Å². The summed E-state index contributed by atoms with van der Waals surface area (Å²) in [6, 6.07) is 9.88. The van der Waals surface area contributed by atoms with Crippen molar-refractivity contribution >= 4 is 67.6 Å². The van der Waals surface area contributed by atoms with Crippen molar-refractivity contribution in [2.24, 2.45) is 0 Å². The SMILES string of the molecule is O=C1CCC(N2Cc3cc(NCc4cn(CCC(=O)Nc5ccc6c(F)c(N7CC(=O)NS7(=O)=O)c(O)cc6c5)nn4)ccc3C2=O)C(=O)N1. The summed E-state index contributed by atoms with van der Waals surface area (Å²) < 4.78 is 43.4. The Morgan fingerprint density at radius 3 is 2.60 bits per heavy atom. The van der Waals surface area contributed by atoms with Crippen LogP contribution in [0.5, 0.6) is 5.75 Å². The minimum atomic E-state index is -4.35. The van der Waals surface area contributed by atoms with Gasteiger partial charge in [0.1, 0.15) is 29.7 Å². The molecule has 7 rings (SSSR count). The largest absolute Gasteiger partial charge is 0.506 e. The highest BCUT2D eigenvalue weighted by atomic mass is 32.2. The maximum Gasteiger partial charge on any atom is 0.326 e. The number of rotatable bonds is 9. The van der Waals surface area contributed by atoms with Crippen molar-refractivity contribution in [3.63, 3.8) is 0 Å². The number of piperidine rings is 1. The highest BCUT2D eigenvalue weighted by Gasteiger charge is 2.40. The van der Waals surface area contributed by atoms with Gasteiger partial charge >= 0.3 is 10.2 Å². The van der Waals surface area contributed by atoms with E-state index in [0.29, 0.717) is 27.8 Å². The summed E-state index contributed by atoms with van der Waals surface area (Å²) in [6.45, 7) is 0.0660. The molecule has 5 N–H and O–H groups in total.